The average molecular weight is 308 g/mol. The lowest BCUT2D eigenvalue weighted by molar-refractivity contribution is 0.00578. The Morgan fingerprint density at radius 3 is 2.19 bits per heavy atom. The highest BCUT2D eigenvalue weighted by Crippen LogP contribution is 2.36. The number of hydrogen-bond donors (Lipinski definition) is 1. The van der Waals surface area contributed by atoms with Crippen LogP contribution in [0.25, 0.3) is 0 Å². The molecule has 21 heavy (non-hydrogen) atoms. The number of pyridine rings is 1. The molecule has 0 amide bonds. The first-order chi connectivity index (χ1) is 9.50. The number of hydrogen-bond acceptors (Lipinski definition) is 5. The van der Waals surface area contributed by atoms with E-state index in [2.05, 4.69) is 64.2 Å². The van der Waals surface area contributed by atoms with Gasteiger partial charge in [0.1, 0.15) is 0 Å². The lowest BCUT2D eigenvalue weighted by Crippen LogP contribution is -2.41. The highest BCUT2D eigenvalue weighted by molar-refractivity contribution is 7.97. The smallest absolute Gasteiger partial charge is 0.399 e. The van der Waals surface area contributed by atoms with Crippen LogP contribution < -0.4 is 10.2 Å². The Labute approximate surface area is 132 Å². The van der Waals surface area contributed by atoms with E-state index in [-0.39, 0.29) is 23.9 Å². The van der Waals surface area contributed by atoms with E-state index >= 15 is 0 Å². The van der Waals surface area contributed by atoms with Crippen LogP contribution in [0.2, 0.25) is 0 Å². The Morgan fingerprint density at radius 2 is 1.67 bits per heavy atom. The zero-order valence-electron chi connectivity index (χ0n) is 14.0. The second-order valence-electron chi connectivity index (χ2n) is 7.50. The lowest BCUT2D eigenvalue weighted by atomic mass is 9.80. The Bertz CT molecular complexity index is 499. The van der Waals surface area contributed by atoms with Crippen LogP contribution in [0.5, 0.6) is 0 Å². The van der Waals surface area contributed by atoms with Crippen LogP contribution in [0, 0.1) is 0 Å². The summed E-state index contributed by atoms with van der Waals surface area (Å²) in [4.78, 5) is 5.36. The molecule has 0 radical (unpaired) electrons. The third-order valence-corrected chi connectivity index (χ3v) is 4.91. The minimum absolute atomic E-state index is 0.0466. The highest BCUT2D eigenvalue weighted by Gasteiger charge is 2.51. The minimum atomic E-state index is -0.363. The van der Waals surface area contributed by atoms with Gasteiger partial charge in [0.2, 0.25) is 0 Å². The SMILES string of the molecule is CC(C)(C)NSc1cncc(B2OC(C)(C)C(C)(C)O2)c1. The maximum Gasteiger partial charge on any atom is 0.496 e. The van der Waals surface area contributed by atoms with Crippen molar-refractivity contribution in [3.63, 3.8) is 0 Å². The minimum Gasteiger partial charge on any atom is -0.399 e. The Hall–Kier alpha value is -0.555. The van der Waals surface area contributed by atoms with Gasteiger partial charge in [-0.15, -0.1) is 0 Å². The summed E-state index contributed by atoms with van der Waals surface area (Å²) in [5.41, 5.74) is 0.342. The van der Waals surface area contributed by atoms with Crippen LogP contribution >= 0.6 is 11.9 Å². The maximum atomic E-state index is 6.06. The van der Waals surface area contributed by atoms with Crippen molar-refractivity contribution >= 4 is 24.5 Å². The molecule has 6 heteroatoms. The Morgan fingerprint density at radius 1 is 1.10 bits per heavy atom. The van der Waals surface area contributed by atoms with Crippen LogP contribution in [0.15, 0.2) is 23.4 Å². The van der Waals surface area contributed by atoms with E-state index in [0.29, 0.717) is 0 Å². The van der Waals surface area contributed by atoms with Crippen molar-refractivity contribution in [3.8, 4) is 0 Å². The van der Waals surface area contributed by atoms with E-state index in [4.69, 9.17) is 9.31 Å². The first-order valence-electron chi connectivity index (χ1n) is 7.25. The molecule has 0 unspecified atom stereocenters. The zero-order valence-corrected chi connectivity index (χ0v) is 14.8. The van der Waals surface area contributed by atoms with E-state index < -0.39 is 0 Å². The second kappa shape index (κ2) is 5.58. The van der Waals surface area contributed by atoms with E-state index in [0.717, 1.165) is 10.4 Å². The molecule has 0 atom stereocenters. The van der Waals surface area contributed by atoms with Crippen molar-refractivity contribution < 1.29 is 9.31 Å². The van der Waals surface area contributed by atoms with Gasteiger partial charge in [-0.1, -0.05) is 0 Å². The van der Waals surface area contributed by atoms with Gasteiger partial charge >= 0.3 is 7.12 Å². The predicted molar refractivity (Wildman–Crippen MR) is 88.7 cm³/mol. The van der Waals surface area contributed by atoms with Gasteiger partial charge in [-0.3, -0.25) is 9.71 Å². The van der Waals surface area contributed by atoms with Gasteiger partial charge in [-0.2, -0.15) is 0 Å². The molecular formula is C15H25BN2O2S. The van der Waals surface area contributed by atoms with E-state index in [9.17, 15) is 0 Å². The number of nitrogens with zero attached hydrogens (tertiary/aromatic N) is 1. The molecule has 4 nitrogen and oxygen atoms in total. The van der Waals surface area contributed by atoms with Crippen molar-refractivity contribution in [1.29, 1.82) is 0 Å². The Kier molecular flexibility index (Phi) is 4.46. The first kappa shape index (κ1) is 16.8. The zero-order chi connectivity index (χ0) is 15.9. The summed E-state index contributed by atoms with van der Waals surface area (Å²) >= 11 is 1.58. The molecule has 0 saturated carbocycles. The largest absolute Gasteiger partial charge is 0.496 e. The molecule has 0 aliphatic carbocycles. The third-order valence-electron chi connectivity index (χ3n) is 3.73. The van der Waals surface area contributed by atoms with Crippen LogP contribution in [0.3, 0.4) is 0 Å². The van der Waals surface area contributed by atoms with Gasteiger partial charge in [0.05, 0.1) is 11.2 Å². The summed E-state index contributed by atoms with van der Waals surface area (Å²) in [7, 11) is -0.363. The van der Waals surface area contributed by atoms with Crippen molar-refractivity contribution in [2.24, 2.45) is 0 Å². The molecular weight excluding hydrogens is 283 g/mol. The van der Waals surface area contributed by atoms with E-state index in [1.54, 1.807) is 11.9 Å². The maximum absolute atomic E-state index is 6.06. The third kappa shape index (κ3) is 4.00. The fourth-order valence-electron chi connectivity index (χ4n) is 1.81. The van der Waals surface area contributed by atoms with E-state index in [1.807, 2.05) is 12.4 Å². The molecule has 0 aromatic carbocycles. The molecule has 1 aliphatic rings. The normalized spacial score (nSPS) is 20.8. The summed E-state index contributed by atoms with van der Waals surface area (Å²) in [6.07, 6.45) is 3.65. The van der Waals surface area contributed by atoms with Crippen molar-refractivity contribution in [2.45, 2.75) is 70.1 Å². The average Bonchev–Trinajstić information content (AvgIpc) is 2.56. The van der Waals surface area contributed by atoms with Crippen molar-refractivity contribution in [2.75, 3.05) is 0 Å². The monoisotopic (exact) mass is 308 g/mol. The van der Waals surface area contributed by atoms with Crippen molar-refractivity contribution in [3.05, 3.63) is 18.5 Å². The van der Waals surface area contributed by atoms with Crippen LogP contribution in [0.4, 0.5) is 0 Å². The topological polar surface area (TPSA) is 43.4 Å². The molecule has 2 rings (SSSR count). The molecule has 1 aromatic rings. The first-order valence-corrected chi connectivity index (χ1v) is 8.06. The number of nitrogens with one attached hydrogen (secondary N) is 1. The van der Waals surface area contributed by atoms with Crippen LogP contribution in [-0.4, -0.2) is 28.8 Å². The molecule has 1 N–H and O–H groups in total. The molecule has 1 saturated heterocycles. The standard InChI is InChI=1S/C15H25BN2O2S/c1-13(2,3)18-21-12-8-11(9-17-10-12)16-19-14(4,5)15(6,7)20-16/h8-10,18H,1-7H3. The number of aromatic nitrogens is 1. The van der Waals surface area contributed by atoms with Gasteiger partial charge in [-0.05, 0) is 66.5 Å². The molecule has 1 aromatic heterocycles. The molecule has 0 spiro atoms. The molecule has 2 heterocycles. The quantitative estimate of drug-likeness (QED) is 0.687. The summed E-state index contributed by atoms with van der Waals surface area (Å²) in [6.45, 7) is 14.6. The predicted octanol–water partition coefficient (Wildman–Crippen LogP) is 2.78. The van der Waals surface area contributed by atoms with Crippen LogP contribution in [0.1, 0.15) is 48.5 Å². The van der Waals surface area contributed by atoms with Crippen LogP contribution in [-0.2, 0) is 9.31 Å². The summed E-state index contributed by atoms with van der Waals surface area (Å²) in [6, 6.07) is 2.07. The van der Waals surface area contributed by atoms with Gasteiger partial charge in [-0.25, -0.2) is 0 Å². The fourth-order valence-corrected chi connectivity index (χ4v) is 2.54. The summed E-state index contributed by atoms with van der Waals surface area (Å²) in [5.74, 6) is 0. The summed E-state index contributed by atoms with van der Waals surface area (Å²) < 4.78 is 15.5. The summed E-state index contributed by atoms with van der Waals surface area (Å²) in [5, 5.41) is 0. The van der Waals surface area contributed by atoms with Gasteiger partial charge in [0.15, 0.2) is 0 Å². The van der Waals surface area contributed by atoms with E-state index in [1.165, 1.54) is 0 Å². The highest BCUT2D eigenvalue weighted by atomic mass is 32.2. The number of rotatable bonds is 3. The molecule has 0 bridgehead atoms. The molecule has 1 aliphatic heterocycles. The Balaban J connectivity index is 2.12. The van der Waals surface area contributed by atoms with Gasteiger partial charge in [0.25, 0.3) is 0 Å². The second-order valence-corrected chi connectivity index (χ2v) is 8.38. The van der Waals surface area contributed by atoms with Gasteiger partial charge < -0.3 is 9.31 Å². The molecule has 116 valence electrons. The fraction of sp³-hybridized carbons (Fsp3) is 0.667. The lowest BCUT2D eigenvalue weighted by Gasteiger charge is -2.32. The molecule has 1 fully saturated rings. The van der Waals surface area contributed by atoms with Gasteiger partial charge in [0, 0.05) is 28.3 Å². The van der Waals surface area contributed by atoms with Crippen molar-refractivity contribution in [1.82, 2.24) is 9.71 Å².